The van der Waals surface area contributed by atoms with Crippen LogP contribution < -0.4 is 15.4 Å². The lowest BCUT2D eigenvalue weighted by Crippen LogP contribution is -2.22. The Morgan fingerprint density at radius 2 is 1.89 bits per heavy atom. The summed E-state index contributed by atoms with van der Waals surface area (Å²) in [5.74, 6) is 0.510. The molecular weight excluding hydrogens is 380 g/mol. The van der Waals surface area contributed by atoms with Gasteiger partial charge in [0.2, 0.25) is 11.0 Å². The molecule has 0 bridgehead atoms. The van der Waals surface area contributed by atoms with Crippen LogP contribution in [0.4, 0.5) is 16.5 Å². The molecule has 0 saturated heterocycles. The van der Waals surface area contributed by atoms with Gasteiger partial charge in [-0.05, 0) is 38.1 Å². The van der Waals surface area contributed by atoms with Crippen molar-refractivity contribution in [2.45, 2.75) is 23.4 Å². The topological polar surface area (TPSA) is 76.1 Å². The number of carbonyl (C=O) groups excluding carboxylic acids is 1. The minimum atomic E-state index is -0.324. The number of nitrogens with zero attached hydrogens (tertiary/aromatic N) is 2. The Hall–Kier alpha value is -2.58. The van der Waals surface area contributed by atoms with E-state index in [1.54, 1.807) is 13.2 Å². The third-order valence-electron chi connectivity index (χ3n) is 3.72. The highest BCUT2D eigenvalue weighted by Gasteiger charge is 2.18. The van der Waals surface area contributed by atoms with Crippen LogP contribution in [0.5, 0.6) is 5.75 Å². The van der Waals surface area contributed by atoms with Crippen molar-refractivity contribution in [2.24, 2.45) is 0 Å². The van der Waals surface area contributed by atoms with Crippen LogP contribution in [0, 0.1) is 6.92 Å². The number of carbonyl (C=O) groups is 1. The minimum absolute atomic E-state index is 0.118. The summed E-state index contributed by atoms with van der Waals surface area (Å²) >= 11 is 2.79. The predicted octanol–water partition coefficient (Wildman–Crippen LogP) is 4.72. The lowest BCUT2D eigenvalue weighted by molar-refractivity contribution is -0.115. The smallest absolute Gasteiger partial charge is 0.237 e. The number of aryl methyl sites for hydroxylation is 1. The van der Waals surface area contributed by atoms with Gasteiger partial charge in [0, 0.05) is 5.69 Å². The number of benzene rings is 2. The fraction of sp³-hybridized carbons (Fsp3) is 0.211. The number of aromatic nitrogens is 2. The molecule has 0 unspecified atom stereocenters. The summed E-state index contributed by atoms with van der Waals surface area (Å²) < 4.78 is 5.99. The van der Waals surface area contributed by atoms with Gasteiger partial charge in [-0.3, -0.25) is 4.79 Å². The van der Waals surface area contributed by atoms with Crippen LogP contribution in [0.3, 0.4) is 0 Å². The molecule has 3 aromatic rings. The molecule has 0 aliphatic heterocycles. The second-order valence-corrected chi connectivity index (χ2v) is 8.38. The molecule has 3 rings (SSSR count). The van der Waals surface area contributed by atoms with Crippen LogP contribution in [0.15, 0.2) is 52.9 Å². The second kappa shape index (κ2) is 8.88. The number of rotatable bonds is 7. The van der Waals surface area contributed by atoms with Gasteiger partial charge in [0.1, 0.15) is 5.75 Å². The van der Waals surface area contributed by atoms with Crippen LogP contribution >= 0.6 is 23.1 Å². The van der Waals surface area contributed by atoms with Gasteiger partial charge in [-0.15, -0.1) is 10.2 Å². The second-order valence-electron chi connectivity index (χ2n) is 5.81. The summed E-state index contributed by atoms with van der Waals surface area (Å²) in [6.07, 6.45) is 0. The number of para-hydroxylation sites is 2. The van der Waals surface area contributed by atoms with E-state index in [0.717, 1.165) is 10.0 Å². The normalized spacial score (nSPS) is 11.7. The van der Waals surface area contributed by atoms with Crippen LogP contribution in [0.1, 0.15) is 12.5 Å². The zero-order chi connectivity index (χ0) is 19.2. The zero-order valence-corrected chi connectivity index (χ0v) is 16.9. The van der Waals surface area contributed by atoms with Gasteiger partial charge < -0.3 is 15.4 Å². The molecule has 0 aliphatic rings. The highest BCUT2D eigenvalue weighted by Crippen LogP contribution is 2.31. The monoisotopic (exact) mass is 400 g/mol. The molecule has 1 atom stereocenters. The summed E-state index contributed by atoms with van der Waals surface area (Å²) in [6, 6.07) is 15.4. The first-order chi connectivity index (χ1) is 13.0. The standard InChI is InChI=1S/C19H20N4O2S2/c1-12-8-10-14(11-9-12)20-18-22-23-19(27-18)26-13(2)17(24)21-15-6-4-5-7-16(15)25-3/h4-11,13H,1-3H3,(H,20,22)(H,21,24)/t13-/m0/s1. The van der Waals surface area contributed by atoms with E-state index in [9.17, 15) is 4.79 Å². The summed E-state index contributed by atoms with van der Waals surface area (Å²) in [7, 11) is 1.58. The number of anilines is 3. The molecule has 0 radical (unpaired) electrons. The minimum Gasteiger partial charge on any atom is -0.495 e. The Labute approximate surface area is 166 Å². The number of methoxy groups -OCH3 is 1. The Kier molecular flexibility index (Phi) is 6.31. The molecule has 27 heavy (non-hydrogen) atoms. The Bertz CT molecular complexity index is 912. The molecule has 2 aromatic carbocycles. The van der Waals surface area contributed by atoms with Gasteiger partial charge in [-0.2, -0.15) is 0 Å². The maximum atomic E-state index is 12.5. The zero-order valence-electron chi connectivity index (χ0n) is 15.2. The number of nitrogens with one attached hydrogen (secondary N) is 2. The fourth-order valence-corrected chi connectivity index (χ4v) is 4.17. The van der Waals surface area contributed by atoms with Gasteiger partial charge in [-0.25, -0.2) is 0 Å². The molecule has 1 aromatic heterocycles. The van der Waals surface area contributed by atoms with E-state index in [1.165, 1.54) is 28.7 Å². The van der Waals surface area contributed by atoms with Crippen molar-refractivity contribution in [3.8, 4) is 5.75 Å². The van der Waals surface area contributed by atoms with Crippen molar-refractivity contribution in [1.29, 1.82) is 0 Å². The maximum absolute atomic E-state index is 12.5. The van der Waals surface area contributed by atoms with E-state index in [1.807, 2.05) is 56.3 Å². The summed E-state index contributed by atoms with van der Waals surface area (Å²) in [4.78, 5) is 12.5. The number of thioether (sulfide) groups is 1. The van der Waals surface area contributed by atoms with Crippen molar-refractivity contribution >= 4 is 45.5 Å². The first-order valence-electron chi connectivity index (χ1n) is 8.33. The van der Waals surface area contributed by atoms with Gasteiger partial charge in [0.15, 0.2) is 4.34 Å². The SMILES string of the molecule is COc1ccccc1NC(=O)[C@H](C)Sc1nnc(Nc2ccc(C)cc2)s1. The van der Waals surface area contributed by atoms with Crippen molar-refractivity contribution in [3.05, 3.63) is 54.1 Å². The molecule has 0 spiro atoms. The van der Waals surface area contributed by atoms with Gasteiger partial charge in [0.25, 0.3) is 0 Å². The van der Waals surface area contributed by atoms with Crippen LogP contribution in [0.2, 0.25) is 0 Å². The first-order valence-corrected chi connectivity index (χ1v) is 10.0. The number of hydrogen-bond acceptors (Lipinski definition) is 7. The molecule has 0 fully saturated rings. The van der Waals surface area contributed by atoms with E-state index in [2.05, 4.69) is 20.8 Å². The van der Waals surface area contributed by atoms with Crippen LogP contribution in [0.25, 0.3) is 0 Å². The van der Waals surface area contributed by atoms with Crippen molar-refractivity contribution in [3.63, 3.8) is 0 Å². The predicted molar refractivity (Wildman–Crippen MR) is 111 cm³/mol. The van der Waals surface area contributed by atoms with E-state index in [0.29, 0.717) is 16.6 Å². The molecule has 140 valence electrons. The molecule has 0 aliphatic carbocycles. The lowest BCUT2D eigenvalue weighted by atomic mass is 10.2. The third kappa shape index (κ3) is 5.21. The third-order valence-corrected chi connectivity index (χ3v) is 5.74. The summed E-state index contributed by atoms with van der Waals surface area (Å²) in [5, 5.41) is 14.8. The number of ether oxygens (including phenoxy) is 1. The highest BCUT2D eigenvalue weighted by molar-refractivity contribution is 8.02. The summed E-state index contributed by atoms with van der Waals surface area (Å²) in [5.41, 5.74) is 2.80. The Balaban J connectivity index is 1.59. The first kappa shape index (κ1) is 19.2. The largest absolute Gasteiger partial charge is 0.495 e. The average molecular weight is 401 g/mol. The fourth-order valence-electron chi connectivity index (χ4n) is 2.26. The van der Waals surface area contributed by atoms with E-state index >= 15 is 0 Å². The van der Waals surface area contributed by atoms with E-state index in [4.69, 9.17) is 4.74 Å². The number of hydrogen-bond donors (Lipinski definition) is 2. The molecule has 1 heterocycles. The Morgan fingerprint density at radius 3 is 2.63 bits per heavy atom. The average Bonchev–Trinajstić information content (AvgIpc) is 3.10. The van der Waals surface area contributed by atoms with E-state index < -0.39 is 0 Å². The van der Waals surface area contributed by atoms with Gasteiger partial charge in [-0.1, -0.05) is 52.9 Å². The van der Waals surface area contributed by atoms with Gasteiger partial charge in [0.05, 0.1) is 18.0 Å². The Morgan fingerprint density at radius 1 is 1.15 bits per heavy atom. The lowest BCUT2D eigenvalue weighted by Gasteiger charge is -2.12. The quantitative estimate of drug-likeness (QED) is 0.559. The van der Waals surface area contributed by atoms with Crippen molar-refractivity contribution in [1.82, 2.24) is 10.2 Å². The molecule has 8 heteroatoms. The highest BCUT2D eigenvalue weighted by atomic mass is 32.2. The van der Waals surface area contributed by atoms with Gasteiger partial charge >= 0.3 is 0 Å². The molecule has 0 saturated carbocycles. The number of amides is 1. The van der Waals surface area contributed by atoms with Crippen molar-refractivity contribution in [2.75, 3.05) is 17.7 Å². The van der Waals surface area contributed by atoms with Crippen LogP contribution in [-0.2, 0) is 4.79 Å². The van der Waals surface area contributed by atoms with Crippen molar-refractivity contribution < 1.29 is 9.53 Å². The molecule has 1 amide bonds. The molecule has 2 N–H and O–H groups in total. The van der Waals surface area contributed by atoms with E-state index in [-0.39, 0.29) is 11.2 Å². The molecule has 6 nitrogen and oxygen atoms in total. The maximum Gasteiger partial charge on any atom is 0.237 e. The summed E-state index contributed by atoms with van der Waals surface area (Å²) in [6.45, 7) is 3.88. The molecular formula is C19H20N4O2S2. The van der Waals surface area contributed by atoms with Crippen LogP contribution in [-0.4, -0.2) is 28.5 Å².